The number of carbonyl (C=O) groups excluding carboxylic acids is 1. The fourth-order valence-electron chi connectivity index (χ4n) is 3.55. The molecule has 0 unspecified atom stereocenters. The molecule has 3 rings (SSSR count). The molecule has 28 heavy (non-hydrogen) atoms. The summed E-state index contributed by atoms with van der Waals surface area (Å²) < 4.78 is 5.31. The summed E-state index contributed by atoms with van der Waals surface area (Å²) in [6.07, 6.45) is 5.17. The maximum atomic E-state index is 12.8. The SMILES string of the molecule is COc1ccnc(-c2nc3c(c(N(C)[C@H](C)C(=O)CC(C)(C)C)n2)CCC3)c1. The highest BCUT2D eigenvalue weighted by Gasteiger charge is 2.28. The van der Waals surface area contributed by atoms with Crippen LogP contribution in [0.1, 0.15) is 51.8 Å². The second kappa shape index (κ2) is 7.86. The fraction of sp³-hybridized carbons (Fsp3) is 0.545. The number of methoxy groups -OCH3 is 1. The number of fused-ring (bicyclic) bond motifs is 1. The van der Waals surface area contributed by atoms with Crippen LogP contribution < -0.4 is 9.64 Å². The molecular formula is C22H30N4O2. The van der Waals surface area contributed by atoms with E-state index in [1.165, 1.54) is 0 Å². The van der Waals surface area contributed by atoms with Crippen LogP contribution in [0.15, 0.2) is 18.3 Å². The minimum absolute atomic E-state index is 0.0323. The van der Waals surface area contributed by atoms with Gasteiger partial charge < -0.3 is 9.64 Å². The number of nitrogens with zero attached hydrogens (tertiary/aromatic N) is 4. The van der Waals surface area contributed by atoms with Gasteiger partial charge in [0.2, 0.25) is 0 Å². The minimum Gasteiger partial charge on any atom is -0.497 e. The molecular weight excluding hydrogens is 352 g/mol. The Hall–Kier alpha value is -2.50. The largest absolute Gasteiger partial charge is 0.497 e. The van der Waals surface area contributed by atoms with Crippen molar-refractivity contribution in [1.29, 1.82) is 0 Å². The van der Waals surface area contributed by atoms with Gasteiger partial charge in [-0.2, -0.15) is 0 Å². The average Bonchev–Trinajstić information content (AvgIpc) is 3.13. The van der Waals surface area contributed by atoms with Crippen LogP contribution >= 0.6 is 0 Å². The van der Waals surface area contributed by atoms with Gasteiger partial charge in [0.15, 0.2) is 11.6 Å². The number of ketones is 1. The Morgan fingerprint density at radius 3 is 2.71 bits per heavy atom. The Kier molecular flexibility index (Phi) is 5.68. The topological polar surface area (TPSA) is 68.2 Å². The standard InChI is InChI=1S/C22H30N4O2/c1-14(19(27)13-22(2,3)4)26(5)21-16-8-7-9-17(16)24-20(25-21)18-12-15(28-6)10-11-23-18/h10-12,14H,7-9,13H2,1-6H3/t14-/m1/s1. The quantitative estimate of drug-likeness (QED) is 0.755. The van der Waals surface area contributed by atoms with Gasteiger partial charge in [0.25, 0.3) is 0 Å². The van der Waals surface area contributed by atoms with Crippen LogP contribution in [0, 0.1) is 5.41 Å². The molecule has 6 heteroatoms. The third kappa shape index (κ3) is 4.32. The third-order valence-electron chi connectivity index (χ3n) is 5.19. The van der Waals surface area contributed by atoms with Crippen LogP contribution in [-0.2, 0) is 17.6 Å². The van der Waals surface area contributed by atoms with Gasteiger partial charge in [0.1, 0.15) is 17.3 Å². The van der Waals surface area contributed by atoms with Gasteiger partial charge in [-0.25, -0.2) is 9.97 Å². The molecule has 0 fully saturated rings. The molecule has 0 aliphatic heterocycles. The molecule has 0 spiro atoms. The van der Waals surface area contributed by atoms with E-state index in [-0.39, 0.29) is 17.2 Å². The van der Waals surface area contributed by atoms with E-state index in [0.717, 1.165) is 42.1 Å². The molecule has 0 bridgehead atoms. The van der Waals surface area contributed by atoms with Crippen LogP contribution in [0.5, 0.6) is 5.75 Å². The Morgan fingerprint density at radius 2 is 2.04 bits per heavy atom. The first kappa shape index (κ1) is 20.2. The summed E-state index contributed by atoms with van der Waals surface area (Å²) in [6.45, 7) is 8.23. The summed E-state index contributed by atoms with van der Waals surface area (Å²) in [7, 11) is 3.58. The van der Waals surface area contributed by atoms with Crippen molar-refractivity contribution in [2.24, 2.45) is 5.41 Å². The van der Waals surface area contributed by atoms with E-state index in [1.54, 1.807) is 19.4 Å². The molecule has 0 amide bonds. The van der Waals surface area contributed by atoms with E-state index in [0.29, 0.717) is 17.9 Å². The van der Waals surface area contributed by atoms with Crippen molar-refractivity contribution in [3.05, 3.63) is 29.6 Å². The van der Waals surface area contributed by atoms with Crippen molar-refractivity contribution in [2.75, 3.05) is 19.1 Å². The zero-order chi connectivity index (χ0) is 20.5. The number of rotatable bonds is 6. The summed E-state index contributed by atoms with van der Waals surface area (Å²) in [5, 5.41) is 0. The molecule has 1 aliphatic carbocycles. The fourth-order valence-corrected chi connectivity index (χ4v) is 3.55. The summed E-state index contributed by atoms with van der Waals surface area (Å²) >= 11 is 0. The summed E-state index contributed by atoms with van der Waals surface area (Å²) in [4.78, 5) is 28.8. The third-order valence-corrected chi connectivity index (χ3v) is 5.19. The number of carbonyl (C=O) groups is 1. The number of anilines is 1. The number of likely N-dealkylation sites (N-methyl/N-ethyl adjacent to an activating group) is 1. The molecule has 0 saturated carbocycles. The zero-order valence-electron chi connectivity index (χ0n) is 17.7. The monoisotopic (exact) mass is 382 g/mol. The van der Waals surface area contributed by atoms with E-state index in [2.05, 4.69) is 25.8 Å². The van der Waals surface area contributed by atoms with Gasteiger partial charge in [-0.3, -0.25) is 9.78 Å². The molecule has 2 heterocycles. The zero-order valence-corrected chi connectivity index (χ0v) is 17.7. The normalized spacial score (nSPS) is 14.5. The van der Waals surface area contributed by atoms with Crippen molar-refractivity contribution < 1.29 is 9.53 Å². The van der Waals surface area contributed by atoms with Crippen LogP contribution in [0.25, 0.3) is 11.5 Å². The lowest BCUT2D eigenvalue weighted by Crippen LogP contribution is -2.38. The molecule has 6 nitrogen and oxygen atoms in total. The Balaban J connectivity index is 1.98. The van der Waals surface area contributed by atoms with Crippen molar-refractivity contribution in [3.63, 3.8) is 0 Å². The highest BCUT2D eigenvalue weighted by atomic mass is 16.5. The minimum atomic E-state index is -0.245. The van der Waals surface area contributed by atoms with Gasteiger partial charge in [-0.1, -0.05) is 20.8 Å². The van der Waals surface area contributed by atoms with E-state index in [4.69, 9.17) is 14.7 Å². The average molecular weight is 383 g/mol. The van der Waals surface area contributed by atoms with Crippen molar-refractivity contribution in [3.8, 4) is 17.3 Å². The Morgan fingerprint density at radius 1 is 1.29 bits per heavy atom. The number of aryl methyl sites for hydroxylation is 1. The predicted octanol–water partition coefficient (Wildman–Crippen LogP) is 3.87. The first-order valence-corrected chi connectivity index (χ1v) is 9.85. The summed E-state index contributed by atoms with van der Waals surface area (Å²) in [5.74, 6) is 2.37. The van der Waals surface area contributed by atoms with E-state index >= 15 is 0 Å². The molecule has 2 aromatic heterocycles. The van der Waals surface area contributed by atoms with Crippen LogP contribution in [0.4, 0.5) is 5.82 Å². The first-order valence-electron chi connectivity index (χ1n) is 9.85. The second-order valence-electron chi connectivity index (χ2n) is 8.72. The number of aromatic nitrogens is 3. The Labute approximate surface area is 167 Å². The lowest BCUT2D eigenvalue weighted by molar-refractivity contribution is -0.121. The summed E-state index contributed by atoms with van der Waals surface area (Å²) in [6, 6.07) is 3.40. The molecule has 1 aliphatic rings. The lowest BCUT2D eigenvalue weighted by atomic mass is 9.88. The van der Waals surface area contributed by atoms with Gasteiger partial charge in [0.05, 0.1) is 13.2 Å². The molecule has 0 N–H and O–H groups in total. The number of hydrogen-bond donors (Lipinski definition) is 0. The smallest absolute Gasteiger partial charge is 0.180 e. The maximum absolute atomic E-state index is 12.8. The highest BCUT2D eigenvalue weighted by Crippen LogP contribution is 2.32. The molecule has 0 saturated heterocycles. The van der Waals surface area contributed by atoms with Crippen LogP contribution in [0.3, 0.4) is 0 Å². The number of pyridine rings is 1. The van der Waals surface area contributed by atoms with Crippen molar-refractivity contribution in [1.82, 2.24) is 15.0 Å². The summed E-state index contributed by atoms with van der Waals surface area (Å²) in [5.41, 5.74) is 2.86. The molecule has 150 valence electrons. The molecule has 1 atom stereocenters. The highest BCUT2D eigenvalue weighted by molar-refractivity contribution is 5.87. The van der Waals surface area contributed by atoms with Gasteiger partial charge in [-0.05, 0) is 37.7 Å². The van der Waals surface area contributed by atoms with Gasteiger partial charge >= 0.3 is 0 Å². The predicted molar refractivity (Wildman–Crippen MR) is 111 cm³/mol. The molecule has 0 aromatic carbocycles. The van der Waals surface area contributed by atoms with Crippen molar-refractivity contribution >= 4 is 11.6 Å². The number of hydrogen-bond acceptors (Lipinski definition) is 6. The van der Waals surface area contributed by atoms with Gasteiger partial charge in [-0.15, -0.1) is 0 Å². The van der Waals surface area contributed by atoms with E-state index < -0.39 is 0 Å². The molecule has 0 radical (unpaired) electrons. The Bertz CT molecular complexity index is 873. The molecule has 2 aromatic rings. The maximum Gasteiger partial charge on any atom is 0.180 e. The number of ether oxygens (including phenoxy) is 1. The first-order chi connectivity index (χ1) is 13.2. The van der Waals surface area contributed by atoms with Crippen LogP contribution in [-0.4, -0.2) is 40.9 Å². The van der Waals surface area contributed by atoms with Gasteiger partial charge in [0, 0.05) is 37.0 Å². The van der Waals surface area contributed by atoms with E-state index in [1.807, 2.05) is 24.9 Å². The second-order valence-corrected chi connectivity index (χ2v) is 8.72. The van der Waals surface area contributed by atoms with Crippen LogP contribution in [0.2, 0.25) is 0 Å². The van der Waals surface area contributed by atoms with Crippen molar-refractivity contribution in [2.45, 2.75) is 59.4 Å². The van der Waals surface area contributed by atoms with E-state index in [9.17, 15) is 4.79 Å². The lowest BCUT2D eigenvalue weighted by Gasteiger charge is -2.29. The number of Topliss-reactive ketones (excluding diaryl/α,β-unsaturated/α-hetero) is 1.